The quantitative estimate of drug-likeness (QED) is 0.906. The Labute approximate surface area is 118 Å². The van der Waals surface area contributed by atoms with Gasteiger partial charge in [-0.15, -0.1) is 0 Å². The van der Waals surface area contributed by atoms with Crippen molar-refractivity contribution < 1.29 is 8.78 Å². The van der Waals surface area contributed by atoms with Gasteiger partial charge in [-0.2, -0.15) is 5.26 Å². The zero-order valence-electron chi connectivity index (χ0n) is 11.8. The maximum atomic E-state index is 13.8. The number of nitrogens with one attached hydrogen (secondary N) is 1. The van der Waals surface area contributed by atoms with Crippen LogP contribution in [0.1, 0.15) is 50.2 Å². The molecule has 0 aliphatic heterocycles. The zero-order chi connectivity index (χ0) is 14.5. The first kappa shape index (κ1) is 14.9. The molecule has 1 aromatic carbocycles. The summed E-state index contributed by atoms with van der Waals surface area (Å²) in [6.45, 7) is 2.25. The van der Waals surface area contributed by atoms with Gasteiger partial charge in [-0.1, -0.05) is 19.3 Å². The molecule has 108 valence electrons. The first-order valence-corrected chi connectivity index (χ1v) is 7.23. The molecule has 4 heteroatoms. The van der Waals surface area contributed by atoms with Crippen LogP contribution in [-0.2, 0) is 6.54 Å². The highest BCUT2D eigenvalue weighted by atomic mass is 19.1. The van der Waals surface area contributed by atoms with Crippen molar-refractivity contribution in [1.82, 2.24) is 5.32 Å². The highest BCUT2D eigenvalue weighted by molar-refractivity contribution is 5.34. The van der Waals surface area contributed by atoms with Crippen molar-refractivity contribution in [3.63, 3.8) is 0 Å². The molecule has 1 aliphatic rings. The van der Waals surface area contributed by atoms with Crippen molar-refractivity contribution in [2.75, 3.05) is 0 Å². The summed E-state index contributed by atoms with van der Waals surface area (Å²) in [6.07, 6.45) is 6.16. The van der Waals surface area contributed by atoms with Crippen LogP contribution < -0.4 is 5.32 Å². The molecule has 0 unspecified atom stereocenters. The maximum absolute atomic E-state index is 13.8. The Hall–Kier alpha value is -1.47. The SMILES string of the molecule is C[C@@H](NCc1c(F)cc(C#N)cc1F)C1CCCCC1. The summed E-state index contributed by atoms with van der Waals surface area (Å²) in [5, 5.41) is 11.9. The van der Waals surface area contributed by atoms with Crippen molar-refractivity contribution in [2.24, 2.45) is 5.92 Å². The van der Waals surface area contributed by atoms with Gasteiger partial charge in [0.2, 0.25) is 0 Å². The predicted molar refractivity (Wildman–Crippen MR) is 73.9 cm³/mol. The van der Waals surface area contributed by atoms with Crippen LogP contribution in [0.2, 0.25) is 0 Å². The lowest BCUT2D eigenvalue weighted by Gasteiger charge is -2.28. The molecule has 0 bridgehead atoms. The van der Waals surface area contributed by atoms with Gasteiger partial charge in [-0.05, 0) is 37.8 Å². The van der Waals surface area contributed by atoms with Gasteiger partial charge in [0.15, 0.2) is 0 Å². The Balaban J connectivity index is 1.98. The topological polar surface area (TPSA) is 35.8 Å². The fourth-order valence-corrected chi connectivity index (χ4v) is 2.90. The van der Waals surface area contributed by atoms with Crippen molar-refractivity contribution in [3.05, 3.63) is 34.9 Å². The minimum atomic E-state index is -0.648. The van der Waals surface area contributed by atoms with Gasteiger partial charge in [-0.25, -0.2) is 8.78 Å². The van der Waals surface area contributed by atoms with Gasteiger partial charge in [0, 0.05) is 18.2 Å². The van der Waals surface area contributed by atoms with Gasteiger partial charge < -0.3 is 5.32 Å². The summed E-state index contributed by atoms with van der Waals surface area (Å²) in [7, 11) is 0. The zero-order valence-corrected chi connectivity index (χ0v) is 11.8. The Morgan fingerprint density at radius 3 is 2.40 bits per heavy atom. The molecular weight excluding hydrogens is 258 g/mol. The van der Waals surface area contributed by atoms with Crippen LogP contribution in [-0.4, -0.2) is 6.04 Å². The number of halogens is 2. The largest absolute Gasteiger partial charge is 0.310 e. The Kier molecular flexibility index (Phi) is 5.08. The fourth-order valence-electron chi connectivity index (χ4n) is 2.90. The van der Waals surface area contributed by atoms with Crippen LogP contribution in [0.5, 0.6) is 0 Å². The third-order valence-corrected chi connectivity index (χ3v) is 4.23. The Morgan fingerprint density at radius 2 is 1.85 bits per heavy atom. The van der Waals surface area contributed by atoms with Crippen LogP contribution in [0, 0.1) is 28.9 Å². The number of hydrogen-bond donors (Lipinski definition) is 1. The molecule has 0 heterocycles. The number of nitrogens with zero attached hydrogens (tertiary/aromatic N) is 1. The predicted octanol–water partition coefficient (Wildman–Crippen LogP) is 3.89. The molecule has 1 atom stereocenters. The van der Waals surface area contributed by atoms with Crippen LogP contribution in [0.25, 0.3) is 0 Å². The highest BCUT2D eigenvalue weighted by Gasteiger charge is 2.20. The van der Waals surface area contributed by atoms with E-state index < -0.39 is 11.6 Å². The average molecular weight is 278 g/mol. The third kappa shape index (κ3) is 3.55. The summed E-state index contributed by atoms with van der Waals surface area (Å²) in [5.74, 6) is -0.706. The lowest BCUT2D eigenvalue weighted by Crippen LogP contribution is -2.34. The van der Waals surface area contributed by atoms with E-state index in [0.29, 0.717) is 5.92 Å². The van der Waals surface area contributed by atoms with Gasteiger partial charge in [-0.3, -0.25) is 0 Å². The molecule has 0 amide bonds. The van der Waals surface area contributed by atoms with Crippen LogP contribution in [0.4, 0.5) is 8.78 Å². The highest BCUT2D eigenvalue weighted by Crippen LogP contribution is 2.26. The van der Waals surface area contributed by atoms with Crippen molar-refractivity contribution in [2.45, 2.75) is 51.6 Å². The molecule has 2 nitrogen and oxygen atoms in total. The van der Waals surface area contributed by atoms with E-state index in [0.717, 1.165) is 12.1 Å². The van der Waals surface area contributed by atoms with Gasteiger partial charge in [0.25, 0.3) is 0 Å². The molecule has 1 aromatic rings. The standard InChI is InChI=1S/C16H20F2N2/c1-11(13-5-3-2-4-6-13)20-10-14-15(17)7-12(9-19)8-16(14)18/h7-8,11,13,20H,2-6,10H2,1H3/t11-/m1/s1. The van der Waals surface area contributed by atoms with E-state index >= 15 is 0 Å². The minimum Gasteiger partial charge on any atom is -0.310 e. The van der Waals surface area contributed by atoms with Crippen LogP contribution in [0.15, 0.2) is 12.1 Å². The summed E-state index contributed by atoms with van der Waals surface area (Å²) < 4.78 is 27.5. The number of hydrogen-bond acceptors (Lipinski definition) is 2. The van der Waals surface area contributed by atoms with Gasteiger partial charge in [0.1, 0.15) is 11.6 Å². The van der Waals surface area contributed by atoms with Crippen LogP contribution in [0.3, 0.4) is 0 Å². The van der Waals surface area contributed by atoms with E-state index in [-0.39, 0.29) is 23.7 Å². The van der Waals surface area contributed by atoms with E-state index in [1.54, 1.807) is 6.07 Å². The molecule has 0 aromatic heterocycles. The maximum Gasteiger partial charge on any atom is 0.131 e. The normalized spacial score (nSPS) is 17.7. The average Bonchev–Trinajstić information content (AvgIpc) is 2.46. The molecule has 0 saturated heterocycles. The van der Waals surface area contributed by atoms with E-state index in [2.05, 4.69) is 12.2 Å². The molecule has 2 rings (SSSR count). The van der Waals surface area contributed by atoms with Gasteiger partial charge in [0.05, 0.1) is 11.6 Å². The van der Waals surface area contributed by atoms with Gasteiger partial charge >= 0.3 is 0 Å². The molecule has 0 radical (unpaired) electrons. The first-order valence-electron chi connectivity index (χ1n) is 7.23. The minimum absolute atomic E-state index is 0.0177. The fraction of sp³-hybridized carbons (Fsp3) is 0.562. The Morgan fingerprint density at radius 1 is 1.25 bits per heavy atom. The third-order valence-electron chi connectivity index (χ3n) is 4.23. The van der Waals surface area contributed by atoms with Crippen LogP contribution >= 0.6 is 0 Å². The molecule has 20 heavy (non-hydrogen) atoms. The second-order valence-electron chi connectivity index (χ2n) is 5.60. The van der Waals surface area contributed by atoms with E-state index in [4.69, 9.17) is 5.26 Å². The van der Waals surface area contributed by atoms with E-state index in [1.165, 1.54) is 32.1 Å². The van der Waals surface area contributed by atoms with Crippen molar-refractivity contribution >= 4 is 0 Å². The van der Waals surface area contributed by atoms with E-state index in [1.807, 2.05) is 0 Å². The summed E-state index contributed by atoms with van der Waals surface area (Å²) in [6, 6.07) is 4.18. The van der Waals surface area contributed by atoms with Crippen molar-refractivity contribution in [3.8, 4) is 6.07 Å². The summed E-state index contributed by atoms with van der Waals surface area (Å²) in [4.78, 5) is 0. The molecule has 1 saturated carbocycles. The monoisotopic (exact) mass is 278 g/mol. The van der Waals surface area contributed by atoms with E-state index in [9.17, 15) is 8.78 Å². The first-order chi connectivity index (χ1) is 9.61. The van der Waals surface area contributed by atoms with Crippen molar-refractivity contribution in [1.29, 1.82) is 5.26 Å². The summed E-state index contributed by atoms with van der Waals surface area (Å²) in [5.41, 5.74) is 0.0377. The lowest BCUT2D eigenvalue weighted by molar-refractivity contribution is 0.279. The molecular formula is C16H20F2N2. The lowest BCUT2D eigenvalue weighted by atomic mass is 9.84. The Bertz CT molecular complexity index is 479. The number of rotatable bonds is 4. The second-order valence-corrected chi connectivity index (χ2v) is 5.60. The second kappa shape index (κ2) is 6.81. The molecule has 1 aliphatic carbocycles. The smallest absolute Gasteiger partial charge is 0.131 e. The summed E-state index contributed by atoms with van der Waals surface area (Å²) >= 11 is 0. The molecule has 1 N–H and O–H groups in total. The number of benzene rings is 1. The molecule has 0 spiro atoms. The molecule has 1 fully saturated rings. The number of nitriles is 1.